The molecule has 32 heavy (non-hydrogen) atoms. The van der Waals surface area contributed by atoms with Gasteiger partial charge in [0.15, 0.2) is 0 Å². The molecule has 0 saturated heterocycles. The van der Waals surface area contributed by atoms with Crippen molar-refractivity contribution in [1.82, 2.24) is 5.32 Å². The molecule has 0 amide bonds. The van der Waals surface area contributed by atoms with Gasteiger partial charge in [-0.1, -0.05) is 24.3 Å². The average Bonchev–Trinajstić information content (AvgIpc) is 2.77. The van der Waals surface area contributed by atoms with Gasteiger partial charge in [-0.2, -0.15) is 0 Å². The van der Waals surface area contributed by atoms with E-state index in [4.69, 9.17) is 9.84 Å². The van der Waals surface area contributed by atoms with Crippen molar-refractivity contribution in [3.05, 3.63) is 82.9 Å². The summed E-state index contributed by atoms with van der Waals surface area (Å²) in [4.78, 5) is 11.2. The number of aromatic hydroxyl groups is 1. The molecule has 3 aromatic rings. The fourth-order valence-electron chi connectivity index (χ4n) is 3.65. The van der Waals surface area contributed by atoms with Crippen molar-refractivity contribution < 1.29 is 24.9 Å². The van der Waals surface area contributed by atoms with Crippen molar-refractivity contribution in [2.75, 3.05) is 13.2 Å². The Bertz CT molecular complexity index is 1080. The second-order valence-electron chi connectivity index (χ2n) is 7.94. The number of carboxylic acids is 1. The Kier molecular flexibility index (Phi) is 7.51. The highest BCUT2D eigenvalue weighted by Gasteiger charge is 2.16. The Morgan fingerprint density at radius 2 is 1.59 bits per heavy atom. The van der Waals surface area contributed by atoms with Crippen LogP contribution >= 0.6 is 0 Å². The minimum atomic E-state index is -0.932. The molecule has 0 radical (unpaired) electrons. The van der Waals surface area contributed by atoms with E-state index in [1.165, 1.54) is 0 Å². The number of nitrogens with one attached hydrogen (secondary N) is 1. The number of phenolic OH excluding ortho intramolecular Hbond substituents is 1. The zero-order valence-corrected chi connectivity index (χ0v) is 18.5. The zero-order chi connectivity index (χ0) is 23.3. The van der Waals surface area contributed by atoms with Gasteiger partial charge in [0.1, 0.15) is 18.1 Å². The largest absolute Gasteiger partial charge is 0.508 e. The van der Waals surface area contributed by atoms with Gasteiger partial charge in [-0.15, -0.1) is 0 Å². The molecule has 4 N–H and O–H groups in total. The number of aliphatic hydroxyl groups is 1. The van der Waals surface area contributed by atoms with Crippen LogP contribution in [0.3, 0.4) is 0 Å². The molecule has 0 saturated carbocycles. The average molecular weight is 436 g/mol. The van der Waals surface area contributed by atoms with Crippen molar-refractivity contribution >= 4 is 5.97 Å². The van der Waals surface area contributed by atoms with Crippen LogP contribution < -0.4 is 10.1 Å². The Labute approximate surface area is 188 Å². The first-order chi connectivity index (χ1) is 15.3. The molecule has 0 spiro atoms. The number of carbonyl (C=O) groups is 1. The molecule has 3 aromatic carbocycles. The van der Waals surface area contributed by atoms with Crippen molar-refractivity contribution in [3.8, 4) is 22.6 Å². The first-order valence-corrected chi connectivity index (χ1v) is 10.5. The number of phenols is 1. The third-order valence-electron chi connectivity index (χ3n) is 5.51. The van der Waals surface area contributed by atoms with E-state index >= 15 is 0 Å². The summed E-state index contributed by atoms with van der Waals surface area (Å²) in [5, 5.41) is 32.2. The molecule has 6 nitrogen and oxygen atoms in total. The van der Waals surface area contributed by atoms with Crippen molar-refractivity contribution in [1.29, 1.82) is 0 Å². The summed E-state index contributed by atoms with van der Waals surface area (Å²) >= 11 is 0. The van der Waals surface area contributed by atoms with Gasteiger partial charge in [0.05, 0.1) is 11.7 Å². The SMILES string of the molecule is Cc1cc(OCCN[C@H](C)[C@@H](O)c2ccc(O)cc2)ccc1-c1ccc(C(=O)O)cc1C. The molecule has 0 unspecified atom stereocenters. The lowest BCUT2D eigenvalue weighted by Gasteiger charge is -2.21. The summed E-state index contributed by atoms with van der Waals surface area (Å²) in [5.41, 5.74) is 5.00. The number of hydrogen-bond acceptors (Lipinski definition) is 5. The molecule has 2 atom stereocenters. The van der Waals surface area contributed by atoms with Crippen LogP contribution in [0.2, 0.25) is 0 Å². The zero-order valence-electron chi connectivity index (χ0n) is 18.5. The molecular weight excluding hydrogens is 406 g/mol. The molecule has 0 aliphatic heterocycles. The normalized spacial score (nSPS) is 12.9. The van der Waals surface area contributed by atoms with E-state index in [1.54, 1.807) is 36.4 Å². The maximum atomic E-state index is 11.2. The van der Waals surface area contributed by atoms with E-state index in [1.807, 2.05) is 45.0 Å². The van der Waals surface area contributed by atoms with E-state index < -0.39 is 12.1 Å². The number of benzene rings is 3. The molecule has 0 fully saturated rings. The summed E-state index contributed by atoms with van der Waals surface area (Å²) < 4.78 is 5.86. The summed E-state index contributed by atoms with van der Waals surface area (Å²) in [6.07, 6.45) is -0.687. The Hall–Kier alpha value is -3.35. The number of carboxylic acid groups (broad SMARTS) is 1. The van der Waals surface area contributed by atoms with Gasteiger partial charge in [-0.05, 0) is 85.0 Å². The van der Waals surface area contributed by atoms with Crippen LogP contribution in [-0.2, 0) is 0 Å². The lowest BCUT2D eigenvalue weighted by atomic mass is 9.95. The van der Waals surface area contributed by atoms with Crippen molar-refractivity contribution in [2.45, 2.75) is 32.9 Å². The molecule has 0 heterocycles. The quantitative estimate of drug-likeness (QED) is 0.370. The minimum absolute atomic E-state index is 0.170. The molecule has 168 valence electrons. The summed E-state index contributed by atoms with van der Waals surface area (Å²) in [6.45, 7) is 6.81. The van der Waals surface area contributed by atoms with E-state index in [2.05, 4.69) is 5.32 Å². The molecule has 0 aliphatic rings. The topological polar surface area (TPSA) is 99.0 Å². The third-order valence-corrected chi connectivity index (χ3v) is 5.51. The molecular formula is C26H29NO5. The molecule has 6 heteroatoms. The fraction of sp³-hybridized carbons (Fsp3) is 0.269. The summed E-state index contributed by atoms with van der Waals surface area (Å²) in [5.74, 6) is -0.0121. The van der Waals surface area contributed by atoms with Crippen LogP contribution in [0.15, 0.2) is 60.7 Å². The van der Waals surface area contributed by atoms with Gasteiger partial charge < -0.3 is 25.4 Å². The maximum Gasteiger partial charge on any atom is 0.335 e. The Morgan fingerprint density at radius 3 is 2.19 bits per heavy atom. The van der Waals surface area contributed by atoms with Gasteiger partial charge in [-0.25, -0.2) is 4.79 Å². The van der Waals surface area contributed by atoms with Crippen LogP contribution in [0, 0.1) is 13.8 Å². The van der Waals surface area contributed by atoms with Gasteiger partial charge >= 0.3 is 5.97 Å². The van der Waals surface area contributed by atoms with Gasteiger partial charge in [0.2, 0.25) is 0 Å². The Morgan fingerprint density at radius 1 is 0.969 bits per heavy atom. The molecule has 0 aromatic heterocycles. The second kappa shape index (κ2) is 10.3. The van der Waals surface area contributed by atoms with E-state index in [9.17, 15) is 15.0 Å². The third kappa shape index (κ3) is 5.66. The van der Waals surface area contributed by atoms with Crippen LogP contribution in [0.4, 0.5) is 0 Å². The van der Waals surface area contributed by atoms with E-state index in [0.717, 1.165) is 33.6 Å². The molecule has 3 rings (SSSR count). The highest BCUT2D eigenvalue weighted by atomic mass is 16.5. The second-order valence-corrected chi connectivity index (χ2v) is 7.94. The van der Waals surface area contributed by atoms with Crippen LogP contribution in [0.5, 0.6) is 11.5 Å². The van der Waals surface area contributed by atoms with E-state index in [-0.39, 0.29) is 17.4 Å². The van der Waals surface area contributed by atoms with Crippen molar-refractivity contribution in [3.63, 3.8) is 0 Å². The molecule has 0 aliphatic carbocycles. The number of aromatic carboxylic acids is 1. The first-order valence-electron chi connectivity index (χ1n) is 10.5. The predicted octanol–water partition coefficient (Wildman–Crippen LogP) is 4.46. The fourth-order valence-corrected chi connectivity index (χ4v) is 3.65. The highest BCUT2D eigenvalue weighted by Crippen LogP contribution is 2.30. The number of aryl methyl sites for hydroxylation is 2. The van der Waals surface area contributed by atoms with Crippen LogP contribution in [-0.4, -0.2) is 40.5 Å². The summed E-state index contributed by atoms with van der Waals surface area (Å²) in [6, 6.07) is 17.3. The number of ether oxygens (including phenoxy) is 1. The van der Waals surface area contributed by atoms with Gasteiger partial charge in [0, 0.05) is 12.6 Å². The highest BCUT2D eigenvalue weighted by molar-refractivity contribution is 5.89. The van der Waals surface area contributed by atoms with Crippen LogP contribution in [0.25, 0.3) is 11.1 Å². The van der Waals surface area contributed by atoms with Crippen LogP contribution in [0.1, 0.15) is 40.1 Å². The number of hydrogen-bond donors (Lipinski definition) is 4. The first kappa shape index (κ1) is 23.3. The Balaban J connectivity index is 1.55. The smallest absolute Gasteiger partial charge is 0.335 e. The molecule has 0 bridgehead atoms. The number of rotatable bonds is 9. The monoisotopic (exact) mass is 435 g/mol. The van der Waals surface area contributed by atoms with E-state index in [0.29, 0.717) is 13.2 Å². The number of aliphatic hydroxyl groups excluding tert-OH is 1. The summed E-state index contributed by atoms with van der Waals surface area (Å²) in [7, 11) is 0. The standard InChI is InChI=1S/C26H29NO5/c1-16-14-20(26(30)31)6-10-23(16)24-11-9-22(15-17(24)2)32-13-12-27-18(3)25(29)19-4-7-21(28)8-5-19/h4-11,14-15,18,25,27-29H,12-13H2,1-3H3,(H,30,31)/t18-,25-/m1/s1. The van der Waals surface area contributed by atoms with Crippen molar-refractivity contribution in [2.24, 2.45) is 0 Å². The maximum absolute atomic E-state index is 11.2. The van der Waals surface area contributed by atoms with Gasteiger partial charge in [-0.3, -0.25) is 0 Å². The lowest BCUT2D eigenvalue weighted by Crippen LogP contribution is -2.35. The predicted molar refractivity (Wildman–Crippen MR) is 124 cm³/mol. The lowest BCUT2D eigenvalue weighted by molar-refractivity contribution is 0.0696. The minimum Gasteiger partial charge on any atom is -0.508 e. The van der Waals surface area contributed by atoms with Gasteiger partial charge in [0.25, 0.3) is 0 Å².